The maximum atomic E-state index is 4.80. The molecule has 0 aliphatic heterocycles. The third-order valence-corrected chi connectivity index (χ3v) is 11.3. The number of halogens is 2. The minimum atomic E-state index is 0.488. The number of unbranched alkanes of at least 4 members (excludes halogenated alkanes) is 1. The van der Waals surface area contributed by atoms with Gasteiger partial charge in [-0.3, -0.25) is 0 Å². The smallest absolute Gasteiger partial charge is 0.105 e. The summed E-state index contributed by atoms with van der Waals surface area (Å²) in [4.78, 5) is 1.01. The first-order chi connectivity index (χ1) is 18.4. The quantitative estimate of drug-likeness (QED) is 0.0267. The summed E-state index contributed by atoms with van der Waals surface area (Å²) in [5.41, 5.74) is 9.98. The molecule has 5 heteroatoms. The molecule has 0 nitrogen and oxygen atoms in total. The van der Waals surface area contributed by atoms with Crippen LogP contribution in [0.4, 0.5) is 0 Å². The molecule has 0 heterocycles. The van der Waals surface area contributed by atoms with Crippen LogP contribution in [0.25, 0.3) is 0 Å². The highest BCUT2D eigenvalue weighted by Crippen LogP contribution is 2.33. The number of rotatable bonds is 22. The van der Waals surface area contributed by atoms with Gasteiger partial charge in [0.25, 0.3) is 0 Å². The van der Waals surface area contributed by atoms with Crippen molar-refractivity contribution < 1.29 is 0 Å². The molecule has 0 spiro atoms. The van der Waals surface area contributed by atoms with Gasteiger partial charge in [-0.1, -0.05) is 125 Å². The molecule has 0 aliphatic carbocycles. The predicted molar refractivity (Wildman–Crippen MR) is 209 cm³/mol. The van der Waals surface area contributed by atoms with Crippen molar-refractivity contribution in [3.63, 3.8) is 0 Å². The zero-order valence-corrected chi connectivity index (χ0v) is 32.9. The van der Waals surface area contributed by atoms with Crippen molar-refractivity contribution in [2.75, 3.05) is 0 Å². The Morgan fingerprint density at radius 3 is 1.77 bits per heavy atom. The molecule has 0 radical (unpaired) electrons. The number of alkyl halides is 2. The molecule has 0 aromatic carbocycles. The molecule has 226 valence electrons. The first-order valence-electron chi connectivity index (χ1n) is 15.7. The fourth-order valence-electron chi connectivity index (χ4n) is 5.20. The summed E-state index contributed by atoms with van der Waals surface area (Å²) in [6.45, 7) is 20.3. The monoisotopic (exact) mass is 798 g/mol. The molecule has 0 fully saturated rings. The van der Waals surface area contributed by atoms with E-state index in [1.54, 1.807) is 27.9 Å². The van der Waals surface area contributed by atoms with Crippen LogP contribution in [-0.4, -0.2) is 20.9 Å². The van der Waals surface area contributed by atoms with Crippen LogP contribution in [0.5, 0.6) is 0 Å². The van der Waals surface area contributed by atoms with E-state index in [-0.39, 0.29) is 0 Å². The zero-order chi connectivity index (χ0) is 30.0. The number of allylic oxidation sites excluding steroid dienone is 7. The summed E-state index contributed by atoms with van der Waals surface area (Å²) in [5.74, 6) is 0.768. The molecule has 0 aromatic heterocycles. The average molecular weight is 799 g/mol. The second kappa shape index (κ2) is 23.6. The van der Waals surface area contributed by atoms with E-state index in [0.717, 1.165) is 33.9 Å². The van der Waals surface area contributed by atoms with E-state index in [1.165, 1.54) is 82.6 Å². The van der Waals surface area contributed by atoms with Crippen LogP contribution in [0.3, 0.4) is 0 Å². The van der Waals surface area contributed by atoms with Crippen LogP contribution < -0.4 is 0 Å². The highest BCUT2D eigenvalue weighted by atomic mass is 127. The molecule has 0 aromatic rings. The van der Waals surface area contributed by atoms with E-state index in [2.05, 4.69) is 121 Å². The summed E-state index contributed by atoms with van der Waals surface area (Å²) in [5, 5.41) is 0.488. The summed E-state index contributed by atoms with van der Waals surface area (Å²) in [7, 11) is 2.43. The predicted octanol–water partition coefficient (Wildman–Crippen LogP) is 12.6. The molecule has 39 heavy (non-hydrogen) atoms. The van der Waals surface area contributed by atoms with Gasteiger partial charge < -0.3 is 0 Å². The lowest BCUT2D eigenvalue weighted by atomic mass is 9.77. The molecule has 0 aliphatic rings. The summed E-state index contributed by atoms with van der Waals surface area (Å²) in [6.07, 6.45) is 18.3. The fraction of sp³-hybridized carbons (Fsp3) is 0.765. The minimum absolute atomic E-state index is 0.488. The van der Waals surface area contributed by atoms with Gasteiger partial charge in [0.15, 0.2) is 0 Å². The Morgan fingerprint density at radius 2 is 1.28 bits per heavy atom. The van der Waals surface area contributed by atoms with Crippen LogP contribution in [0.1, 0.15) is 145 Å². The Labute approximate surface area is 284 Å². The van der Waals surface area contributed by atoms with Crippen molar-refractivity contribution in [2.24, 2.45) is 0 Å². The lowest BCUT2D eigenvalue weighted by Gasteiger charge is -2.21. The van der Waals surface area contributed by atoms with Gasteiger partial charge in [-0.2, -0.15) is 12.6 Å². The van der Waals surface area contributed by atoms with E-state index < -0.39 is 0 Å². The van der Waals surface area contributed by atoms with Gasteiger partial charge in [0.1, 0.15) is 7.85 Å². The molecule has 0 N–H and O–H groups in total. The maximum Gasteiger partial charge on any atom is 0.105 e. The second-order valence-electron chi connectivity index (χ2n) is 12.0. The van der Waals surface area contributed by atoms with Gasteiger partial charge in [0.05, 0.1) is 0 Å². The van der Waals surface area contributed by atoms with Crippen molar-refractivity contribution in [3.8, 4) is 0 Å². The van der Waals surface area contributed by atoms with Gasteiger partial charge in [0.2, 0.25) is 0 Å². The molecular formula is C34H61BI2S2. The molecule has 0 saturated carbocycles. The largest absolute Gasteiger partial charge is 0.176 e. The highest BCUT2D eigenvalue weighted by molar-refractivity contribution is 14.1. The van der Waals surface area contributed by atoms with E-state index in [0.29, 0.717) is 9.17 Å². The minimum Gasteiger partial charge on any atom is -0.176 e. The molecular weight excluding hydrogens is 737 g/mol. The summed E-state index contributed by atoms with van der Waals surface area (Å²) >= 11 is 14.6. The highest BCUT2D eigenvalue weighted by Gasteiger charge is 2.15. The Hall–Kier alpha value is 1.18. The van der Waals surface area contributed by atoms with Crippen molar-refractivity contribution in [1.82, 2.24) is 0 Å². The maximum absolute atomic E-state index is 4.80. The van der Waals surface area contributed by atoms with Gasteiger partial charge >= 0.3 is 0 Å². The second-order valence-corrected chi connectivity index (χ2v) is 16.9. The van der Waals surface area contributed by atoms with Crippen LogP contribution in [0.2, 0.25) is 5.82 Å². The average Bonchev–Trinajstić information content (AvgIpc) is 2.89. The number of hydrogen-bond donors (Lipinski definition) is 2. The molecule has 0 amide bonds. The molecule has 4 unspecified atom stereocenters. The summed E-state index contributed by atoms with van der Waals surface area (Å²) < 4.78 is 1.34. The Morgan fingerprint density at radius 1 is 0.692 bits per heavy atom. The van der Waals surface area contributed by atoms with E-state index in [4.69, 9.17) is 12.6 Å². The topological polar surface area (TPSA) is 0 Å². The Kier molecular flexibility index (Phi) is 24.3. The summed E-state index contributed by atoms with van der Waals surface area (Å²) in [6, 6.07) is 0. The van der Waals surface area contributed by atoms with Gasteiger partial charge in [-0.15, -0.1) is 12.6 Å². The molecule has 0 saturated heterocycles. The third kappa shape index (κ3) is 19.2. The van der Waals surface area contributed by atoms with E-state index in [9.17, 15) is 0 Å². The van der Waals surface area contributed by atoms with Crippen molar-refractivity contribution in [2.45, 2.75) is 164 Å². The van der Waals surface area contributed by atoms with Gasteiger partial charge in [-0.05, 0) is 116 Å². The molecule has 0 bridgehead atoms. The zero-order valence-electron chi connectivity index (χ0n) is 26.8. The van der Waals surface area contributed by atoms with Crippen LogP contribution in [0.15, 0.2) is 44.9 Å². The van der Waals surface area contributed by atoms with Gasteiger partial charge in [-0.25, -0.2) is 0 Å². The van der Waals surface area contributed by atoms with Crippen LogP contribution in [-0.2, 0) is 0 Å². The van der Waals surface area contributed by atoms with Gasteiger partial charge in [0, 0.05) is 13.1 Å². The fourth-order valence-corrected chi connectivity index (χ4v) is 7.58. The van der Waals surface area contributed by atoms with Crippen molar-refractivity contribution >= 4 is 78.3 Å². The number of thiol groups is 2. The van der Waals surface area contributed by atoms with Crippen molar-refractivity contribution in [1.29, 1.82) is 0 Å². The normalized spacial score (nSPS) is 16.2. The van der Waals surface area contributed by atoms with E-state index >= 15 is 0 Å². The molecule has 0 rings (SSSR count). The Balaban J connectivity index is 5.53. The lowest BCUT2D eigenvalue weighted by Crippen LogP contribution is -2.05. The van der Waals surface area contributed by atoms with E-state index in [1.807, 2.05) is 0 Å². The first kappa shape index (κ1) is 40.2. The standard InChI is InChI=1S/C34H61BI2S2/c1-9-27(21-33(37)19-26(8)38)30(20-31(35)10-2)16-14-13-15-29(22-32(36)11-3)25(7)17-18-28(24(5)6)23-34(39)12-4/h31-34,38-39H,8-23,35H2,1-7H3/b29-25+,30-27-. The number of hydrogen-bond acceptors (Lipinski definition) is 2. The van der Waals surface area contributed by atoms with Crippen molar-refractivity contribution in [3.05, 3.63) is 44.9 Å². The Bertz CT molecular complexity index is 795. The first-order valence-corrected chi connectivity index (χ1v) is 19.2. The SMILES string of the molecule is BC(CC)C/C(CCCC/C(CC(I)CC)=C(/C)CCC(CC(S)CC)=C(C)C)=C(/CC)CC(I)CC(=C)S. The van der Waals surface area contributed by atoms with Crippen LogP contribution >= 0.6 is 70.4 Å². The third-order valence-electron chi connectivity index (χ3n) is 8.33. The van der Waals surface area contributed by atoms with Crippen LogP contribution in [0, 0.1) is 0 Å². The lowest BCUT2D eigenvalue weighted by molar-refractivity contribution is 0.649. The molecule has 4 atom stereocenters.